The summed E-state index contributed by atoms with van der Waals surface area (Å²) < 4.78 is 0. The maximum absolute atomic E-state index is 4.40. The van der Waals surface area contributed by atoms with Gasteiger partial charge in [-0.2, -0.15) is 0 Å². The minimum atomic E-state index is 1.10. The molecule has 14 heavy (non-hydrogen) atoms. The summed E-state index contributed by atoms with van der Waals surface area (Å²) >= 11 is 0. The van der Waals surface area contributed by atoms with E-state index in [0.29, 0.717) is 0 Å². The molecule has 3 rings (SSSR count). The number of aromatic nitrogens is 1. The van der Waals surface area contributed by atoms with Crippen molar-refractivity contribution in [3.63, 3.8) is 0 Å². The number of fused-ring (bicyclic) bond motifs is 3. The SMILES string of the molecule is c1ccc2cc3cccnc3c-2cc1. The first-order valence-corrected chi connectivity index (χ1v) is 4.68. The lowest BCUT2D eigenvalue weighted by atomic mass is 10.2. The van der Waals surface area contributed by atoms with Crippen LogP contribution in [0.1, 0.15) is 0 Å². The van der Waals surface area contributed by atoms with Crippen molar-refractivity contribution < 1.29 is 0 Å². The normalized spacial score (nSPS) is 10.9. The minimum absolute atomic E-state index is 1.10. The molecule has 1 heterocycles. The fourth-order valence-corrected chi connectivity index (χ4v) is 1.83. The molecule has 0 bridgehead atoms. The lowest BCUT2D eigenvalue weighted by Gasteiger charge is -1.91. The third-order valence-electron chi connectivity index (χ3n) is 2.48. The Kier molecular flexibility index (Phi) is 1.51. The standard InChI is InChI=1S/C13H9N/c1-2-5-10-9-11-6-4-8-14-13(11)12(10)7-3-1/h1-9H. The fraction of sp³-hybridized carbons (Fsp3) is 0. The Morgan fingerprint density at radius 3 is 2.79 bits per heavy atom. The van der Waals surface area contributed by atoms with Gasteiger partial charge in [0.1, 0.15) is 0 Å². The molecule has 0 amide bonds. The predicted molar refractivity (Wildman–Crippen MR) is 58.4 cm³/mol. The lowest BCUT2D eigenvalue weighted by Crippen LogP contribution is -1.71. The quantitative estimate of drug-likeness (QED) is 0.515. The largest absolute Gasteiger partial charge is 0.256 e. The number of nitrogens with zero attached hydrogens (tertiary/aromatic N) is 1. The van der Waals surface area contributed by atoms with Crippen molar-refractivity contribution in [3.8, 4) is 11.1 Å². The first kappa shape index (κ1) is 7.51. The monoisotopic (exact) mass is 179 g/mol. The van der Waals surface area contributed by atoms with Gasteiger partial charge in [0.05, 0.1) is 5.52 Å². The Hall–Kier alpha value is -1.89. The van der Waals surface area contributed by atoms with Crippen molar-refractivity contribution in [2.75, 3.05) is 0 Å². The van der Waals surface area contributed by atoms with E-state index in [0.717, 1.165) is 5.52 Å². The van der Waals surface area contributed by atoms with Crippen LogP contribution in [-0.4, -0.2) is 4.98 Å². The van der Waals surface area contributed by atoms with Crippen molar-refractivity contribution in [1.29, 1.82) is 0 Å². The highest BCUT2D eigenvalue weighted by Crippen LogP contribution is 2.31. The van der Waals surface area contributed by atoms with Crippen LogP contribution in [0, 0.1) is 0 Å². The molecule has 0 spiro atoms. The van der Waals surface area contributed by atoms with Crippen LogP contribution in [0.25, 0.3) is 22.0 Å². The Bertz CT molecular complexity index is 557. The molecule has 2 aliphatic rings. The van der Waals surface area contributed by atoms with Crippen LogP contribution in [0.2, 0.25) is 0 Å². The molecule has 0 N–H and O–H groups in total. The van der Waals surface area contributed by atoms with Crippen molar-refractivity contribution in [3.05, 3.63) is 54.7 Å². The van der Waals surface area contributed by atoms with Crippen molar-refractivity contribution in [1.82, 2.24) is 4.98 Å². The van der Waals surface area contributed by atoms with E-state index in [1.165, 1.54) is 16.5 Å². The van der Waals surface area contributed by atoms with Crippen molar-refractivity contribution >= 4 is 10.9 Å². The number of hydrogen-bond acceptors (Lipinski definition) is 1. The molecule has 0 aliphatic heterocycles. The Labute approximate surface area is 82.4 Å². The van der Waals surface area contributed by atoms with Gasteiger partial charge in [-0.25, -0.2) is 0 Å². The van der Waals surface area contributed by atoms with Crippen LogP contribution in [-0.2, 0) is 0 Å². The summed E-state index contributed by atoms with van der Waals surface area (Å²) in [5.41, 5.74) is 3.58. The van der Waals surface area contributed by atoms with Crippen LogP contribution < -0.4 is 0 Å². The summed E-state index contributed by atoms with van der Waals surface area (Å²) in [6.45, 7) is 0. The van der Waals surface area contributed by atoms with E-state index in [2.05, 4.69) is 41.4 Å². The van der Waals surface area contributed by atoms with Gasteiger partial charge in [-0.05, 0) is 17.7 Å². The molecule has 0 saturated carbocycles. The van der Waals surface area contributed by atoms with Crippen LogP contribution >= 0.6 is 0 Å². The molecule has 0 aromatic carbocycles. The first-order valence-electron chi connectivity index (χ1n) is 4.68. The zero-order valence-electron chi connectivity index (χ0n) is 7.64. The maximum Gasteiger partial charge on any atom is 0.0780 e. The van der Waals surface area contributed by atoms with E-state index in [9.17, 15) is 0 Å². The van der Waals surface area contributed by atoms with Gasteiger partial charge in [-0.3, -0.25) is 4.98 Å². The Morgan fingerprint density at radius 1 is 0.857 bits per heavy atom. The second kappa shape index (κ2) is 2.81. The van der Waals surface area contributed by atoms with E-state index in [1.54, 1.807) is 0 Å². The van der Waals surface area contributed by atoms with E-state index in [4.69, 9.17) is 0 Å². The fourth-order valence-electron chi connectivity index (χ4n) is 1.83. The summed E-state index contributed by atoms with van der Waals surface area (Å²) in [6.07, 6.45) is 1.84. The molecule has 0 fully saturated rings. The van der Waals surface area contributed by atoms with Gasteiger partial charge >= 0.3 is 0 Å². The Balaban J connectivity index is 2.52. The van der Waals surface area contributed by atoms with E-state index < -0.39 is 0 Å². The molecular formula is C13H9N. The predicted octanol–water partition coefficient (Wildman–Crippen LogP) is 3.34. The molecule has 1 nitrogen and oxygen atoms in total. The average Bonchev–Trinajstić information content (AvgIpc) is 2.42. The van der Waals surface area contributed by atoms with Gasteiger partial charge in [0.15, 0.2) is 0 Å². The van der Waals surface area contributed by atoms with Gasteiger partial charge < -0.3 is 0 Å². The zero-order chi connectivity index (χ0) is 9.38. The van der Waals surface area contributed by atoms with Crippen LogP contribution in [0.3, 0.4) is 0 Å². The smallest absolute Gasteiger partial charge is 0.0780 e. The highest BCUT2D eigenvalue weighted by Gasteiger charge is 2.07. The topological polar surface area (TPSA) is 12.9 Å². The van der Waals surface area contributed by atoms with Crippen LogP contribution in [0.4, 0.5) is 0 Å². The van der Waals surface area contributed by atoms with Crippen LogP contribution in [0.5, 0.6) is 0 Å². The maximum atomic E-state index is 4.40. The zero-order valence-corrected chi connectivity index (χ0v) is 7.64. The molecule has 1 aromatic heterocycles. The molecule has 2 aliphatic carbocycles. The number of hydrogen-bond donors (Lipinski definition) is 0. The lowest BCUT2D eigenvalue weighted by molar-refractivity contribution is 1.43. The van der Waals surface area contributed by atoms with Crippen molar-refractivity contribution in [2.45, 2.75) is 0 Å². The minimum Gasteiger partial charge on any atom is -0.256 e. The number of rotatable bonds is 0. The van der Waals surface area contributed by atoms with Gasteiger partial charge in [0.2, 0.25) is 0 Å². The van der Waals surface area contributed by atoms with Crippen LogP contribution in [0.15, 0.2) is 54.7 Å². The van der Waals surface area contributed by atoms with Gasteiger partial charge in [0.25, 0.3) is 0 Å². The molecule has 1 aromatic rings. The van der Waals surface area contributed by atoms with E-state index in [-0.39, 0.29) is 0 Å². The van der Waals surface area contributed by atoms with Gasteiger partial charge in [-0.15, -0.1) is 0 Å². The summed E-state index contributed by atoms with van der Waals surface area (Å²) in [5, 5.41) is 1.22. The molecule has 0 radical (unpaired) electrons. The molecule has 66 valence electrons. The second-order valence-corrected chi connectivity index (χ2v) is 3.37. The van der Waals surface area contributed by atoms with Gasteiger partial charge in [0, 0.05) is 17.1 Å². The summed E-state index contributed by atoms with van der Waals surface area (Å²) in [6, 6.07) is 16.6. The number of pyridine rings is 1. The van der Waals surface area contributed by atoms with E-state index >= 15 is 0 Å². The Morgan fingerprint density at radius 2 is 1.79 bits per heavy atom. The molecule has 0 saturated heterocycles. The molecule has 1 heteroatoms. The van der Waals surface area contributed by atoms with Crippen molar-refractivity contribution in [2.24, 2.45) is 0 Å². The van der Waals surface area contributed by atoms with E-state index in [1.807, 2.05) is 18.3 Å². The second-order valence-electron chi connectivity index (χ2n) is 3.37. The van der Waals surface area contributed by atoms with Gasteiger partial charge in [-0.1, -0.05) is 36.4 Å². The third kappa shape index (κ3) is 0.990. The summed E-state index contributed by atoms with van der Waals surface area (Å²) in [7, 11) is 0. The highest BCUT2D eigenvalue weighted by atomic mass is 14.7. The summed E-state index contributed by atoms with van der Waals surface area (Å²) in [5.74, 6) is 0. The molecule has 0 atom stereocenters. The third-order valence-corrected chi connectivity index (χ3v) is 2.48. The first-order chi connectivity index (χ1) is 6.95. The average molecular weight is 179 g/mol. The summed E-state index contributed by atoms with van der Waals surface area (Å²) in [4.78, 5) is 4.40. The highest BCUT2D eigenvalue weighted by molar-refractivity contribution is 5.99. The molecular weight excluding hydrogens is 170 g/mol. The molecule has 0 unspecified atom stereocenters.